The molecule has 1 heterocycles. The second kappa shape index (κ2) is 5.86. The van der Waals surface area contributed by atoms with Crippen molar-refractivity contribution >= 4 is 11.6 Å². The smallest absolute Gasteiger partial charge is 0.124 e. The molecule has 3 heteroatoms. The molecule has 1 aliphatic rings. The lowest BCUT2D eigenvalue weighted by Crippen LogP contribution is -2.26. The summed E-state index contributed by atoms with van der Waals surface area (Å²) in [5, 5.41) is 4.40. The minimum absolute atomic E-state index is 0.356. The van der Waals surface area contributed by atoms with E-state index in [9.17, 15) is 0 Å². The number of rotatable bonds is 3. The highest BCUT2D eigenvalue weighted by atomic mass is 35.5. The normalized spacial score (nSPS) is 17.4. The zero-order valence-corrected chi connectivity index (χ0v) is 12.3. The molecule has 2 nitrogen and oxygen atoms in total. The topological polar surface area (TPSA) is 21.3 Å². The summed E-state index contributed by atoms with van der Waals surface area (Å²) in [6.07, 6.45) is 1.00. The minimum Gasteiger partial charge on any atom is -0.493 e. The van der Waals surface area contributed by atoms with E-state index in [1.54, 1.807) is 0 Å². The van der Waals surface area contributed by atoms with Gasteiger partial charge in [-0.15, -0.1) is 0 Å². The summed E-state index contributed by atoms with van der Waals surface area (Å²) in [7, 11) is 0. The van der Waals surface area contributed by atoms with E-state index in [1.165, 1.54) is 16.7 Å². The van der Waals surface area contributed by atoms with Crippen LogP contribution in [-0.4, -0.2) is 6.61 Å². The highest BCUT2D eigenvalue weighted by Crippen LogP contribution is 2.32. The average molecular weight is 288 g/mol. The van der Waals surface area contributed by atoms with Crippen molar-refractivity contribution in [2.45, 2.75) is 25.9 Å². The third kappa shape index (κ3) is 2.97. The van der Waals surface area contributed by atoms with Crippen molar-refractivity contribution in [2.24, 2.45) is 0 Å². The lowest BCUT2D eigenvalue weighted by molar-refractivity contribution is 0.252. The maximum absolute atomic E-state index is 5.91. The van der Waals surface area contributed by atoms with Crippen LogP contribution < -0.4 is 10.1 Å². The molecule has 1 atom stereocenters. The van der Waals surface area contributed by atoms with E-state index in [4.69, 9.17) is 16.3 Å². The first kappa shape index (κ1) is 13.5. The molecule has 0 fully saturated rings. The van der Waals surface area contributed by atoms with Gasteiger partial charge in [0.1, 0.15) is 5.75 Å². The molecule has 0 saturated heterocycles. The van der Waals surface area contributed by atoms with Crippen LogP contribution in [0.15, 0.2) is 42.5 Å². The predicted molar refractivity (Wildman–Crippen MR) is 82.3 cm³/mol. The molecule has 2 aromatic rings. The molecule has 20 heavy (non-hydrogen) atoms. The summed E-state index contributed by atoms with van der Waals surface area (Å²) in [5.41, 5.74) is 3.79. The number of hydrogen-bond acceptors (Lipinski definition) is 2. The summed E-state index contributed by atoms with van der Waals surface area (Å²) >= 11 is 5.91. The van der Waals surface area contributed by atoms with E-state index >= 15 is 0 Å². The van der Waals surface area contributed by atoms with Gasteiger partial charge in [0.2, 0.25) is 0 Å². The molecule has 1 aliphatic heterocycles. The number of benzene rings is 2. The third-order valence-corrected chi connectivity index (χ3v) is 3.92. The summed E-state index contributed by atoms with van der Waals surface area (Å²) in [4.78, 5) is 0. The second-order valence-electron chi connectivity index (χ2n) is 5.24. The fourth-order valence-electron chi connectivity index (χ4n) is 2.57. The van der Waals surface area contributed by atoms with E-state index in [1.807, 2.05) is 12.1 Å². The van der Waals surface area contributed by atoms with E-state index in [0.717, 1.165) is 30.3 Å². The maximum atomic E-state index is 5.91. The number of fused-ring (bicyclic) bond motifs is 1. The van der Waals surface area contributed by atoms with Gasteiger partial charge in [-0.3, -0.25) is 0 Å². The molecular formula is C17H18ClNO. The Morgan fingerprint density at radius 1 is 1.20 bits per heavy atom. The molecule has 0 saturated carbocycles. The van der Waals surface area contributed by atoms with E-state index in [2.05, 4.69) is 42.6 Å². The molecule has 0 bridgehead atoms. The van der Waals surface area contributed by atoms with Crippen LogP contribution in [0.2, 0.25) is 5.02 Å². The van der Waals surface area contributed by atoms with Crippen molar-refractivity contribution in [1.29, 1.82) is 0 Å². The number of hydrogen-bond donors (Lipinski definition) is 1. The van der Waals surface area contributed by atoms with Crippen LogP contribution in [0.4, 0.5) is 0 Å². The van der Waals surface area contributed by atoms with Gasteiger partial charge >= 0.3 is 0 Å². The lowest BCUT2D eigenvalue weighted by Gasteiger charge is -2.27. The Kier molecular flexibility index (Phi) is 3.95. The monoisotopic (exact) mass is 287 g/mol. The Morgan fingerprint density at radius 3 is 2.80 bits per heavy atom. The Morgan fingerprint density at radius 2 is 2.00 bits per heavy atom. The van der Waals surface area contributed by atoms with Crippen LogP contribution in [0.25, 0.3) is 0 Å². The Labute approximate surface area is 124 Å². The van der Waals surface area contributed by atoms with Crippen molar-refractivity contribution in [3.8, 4) is 5.75 Å². The van der Waals surface area contributed by atoms with Crippen LogP contribution in [-0.2, 0) is 6.54 Å². The van der Waals surface area contributed by atoms with Gasteiger partial charge in [-0.05, 0) is 30.7 Å². The van der Waals surface area contributed by atoms with Gasteiger partial charge < -0.3 is 10.1 Å². The highest BCUT2D eigenvalue weighted by Gasteiger charge is 2.20. The lowest BCUT2D eigenvalue weighted by atomic mass is 9.98. The SMILES string of the molecule is Cc1ccc2c(c1)C(NCc1ccc(Cl)cc1)CCO2. The first-order valence-electron chi connectivity index (χ1n) is 6.93. The number of aryl methyl sites for hydroxylation is 1. The zero-order chi connectivity index (χ0) is 13.9. The van der Waals surface area contributed by atoms with Gasteiger partial charge in [0.05, 0.1) is 6.61 Å². The van der Waals surface area contributed by atoms with Gasteiger partial charge in [-0.25, -0.2) is 0 Å². The third-order valence-electron chi connectivity index (χ3n) is 3.67. The molecule has 1 N–H and O–H groups in total. The second-order valence-corrected chi connectivity index (χ2v) is 5.67. The molecule has 2 aromatic carbocycles. The van der Waals surface area contributed by atoms with Gasteiger partial charge in [-0.1, -0.05) is 41.4 Å². The fourth-order valence-corrected chi connectivity index (χ4v) is 2.70. The zero-order valence-electron chi connectivity index (χ0n) is 11.5. The van der Waals surface area contributed by atoms with Gasteiger partial charge in [0, 0.05) is 29.6 Å². The minimum atomic E-state index is 0.356. The number of nitrogens with one attached hydrogen (secondary N) is 1. The number of halogens is 1. The van der Waals surface area contributed by atoms with Gasteiger partial charge in [0.15, 0.2) is 0 Å². The van der Waals surface area contributed by atoms with Crippen LogP contribution in [0.3, 0.4) is 0 Å². The van der Waals surface area contributed by atoms with E-state index < -0.39 is 0 Å². The molecule has 0 amide bonds. The predicted octanol–water partition coefficient (Wildman–Crippen LogP) is 4.26. The van der Waals surface area contributed by atoms with Crippen LogP contribution in [0.5, 0.6) is 5.75 Å². The fraction of sp³-hybridized carbons (Fsp3) is 0.294. The van der Waals surface area contributed by atoms with E-state index in [0.29, 0.717) is 6.04 Å². The average Bonchev–Trinajstić information content (AvgIpc) is 2.47. The molecule has 0 aliphatic carbocycles. The standard InChI is InChI=1S/C17H18ClNO/c1-12-2-7-17-15(10-12)16(8-9-20-17)19-11-13-3-5-14(18)6-4-13/h2-7,10,16,19H,8-9,11H2,1H3. The molecule has 3 rings (SSSR count). The van der Waals surface area contributed by atoms with Gasteiger partial charge in [-0.2, -0.15) is 0 Å². The molecule has 104 valence electrons. The van der Waals surface area contributed by atoms with Crippen molar-refractivity contribution in [3.63, 3.8) is 0 Å². The Hall–Kier alpha value is -1.51. The molecule has 1 unspecified atom stereocenters. The molecule has 0 aromatic heterocycles. The first-order chi connectivity index (χ1) is 9.72. The first-order valence-corrected chi connectivity index (χ1v) is 7.31. The van der Waals surface area contributed by atoms with Crippen molar-refractivity contribution in [3.05, 3.63) is 64.2 Å². The van der Waals surface area contributed by atoms with Gasteiger partial charge in [0.25, 0.3) is 0 Å². The van der Waals surface area contributed by atoms with Crippen molar-refractivity contribution < 1.29 is 4.74 Å². The van der Waals surface area contributed by atoms with Crippen molar-refractivity contribution in [1.82, 2.24) is 5.32 Å². The highest BCUT2D eigenvalue weighted by molar-refractivity contribution is 6.30. The maximum Gasteiger partial charge on any atom is 0.124 e. The summed E-state index contributed by atoms with van der Waals surface area (Å²) < 4.78 is 5.72. The summed E-state index contributed by atoms with van der Waals surface area (Å²) in [5.74, 6) is 1.01. The molecule has 0 spiro atoms. The quantitative estimate of drug-likeness (QED) is 0.911. The van der Waals surface area contributed by atoms with Crippen molar-refractivity contribution in [2.75, 3.05) is 6.61 Å². The Balaban J connectivity index is 1.73. The van der Waals surface area contributed by atoms with Crippen LogP contribution >= 0.6 is 11.6 Å². The Bertz CT molecular complexity index is 594. The summed E-state index contributed by atoms with van der Waals surface area (Å²) in [6.45, 7) is 3.73. The molecular weight excluding hydrogens is 270 g/mol. The number of ether oxygens (including phenoxy) is 1. The van der Waals surface area contributed by atoms with E-state index in [-0.39, 0.29) is 0 Å². The van der Waals surface area contributed by atoms with Crippen LogP contribution in [0, 0.1) is 6.92 Å². The largest absolute Gasteiger partial charge is 0.493 e. The van der Waals surface area contributed by atoms with Crippen LogP contribution in [0.1, 0.15) is 29.2 Å². The molecule has 0 radical (unpaired) electrons. The summed E-state index contributed by atoms with van der Waals surface area (Å²) in [6, 6.07) is 14.7.